The Morgan fingerprint density at radius 1 is 0.893 bits per heavy atom. The second kappa shape index (κ2) is 7.28. The van der Waals surface area contributed by atoms with Gasteiger partial charge in [-0.2, -0.15) is 8.42 Å². The smallest absolute Gasteiger partial charge is 0.330 e. The summed E-state index contributed by atoms with van der Waals surface area (Å²) >= 11 is 0. The normalized spacial score (nSPS) is 15.0. The zero-order valence-corrected chi connectivity index (χ0v) is 15.6. The summed E-state index contributed by atoms with van der Waals surface area (Å²) in [4.78, 5) is 0. The third kappa shape index (κ3) is 3.65. The van der Waals surface area contributed by atoms with E-state index in [1.54, 1.807) is 12.1 Å². The van der Waals surface area contributed by atoms with Crippen LogP contribution in [0.15, 0.2) is 90.9 Å². The Labute approximate surface area is 163 Å². The van der Waals surface area contributed by atoms with Crippen molar-refractivity contribution in [2.24, 2.45) is 0 Å². The Balaban J connectivity index is 1.74. The molecule has 0 aromatic heterocycles. The molecule has 0 radical (unpaired) electrons. The van der Waals surface area contributed by atoms with Crippen molar-refractivity contribution in [3.8, 4) is 16.9 Å². The summed E-state index contributed by atoms with van der Waals surface area (Å²) in [5, 5.41) is 9.62. The summed E-state index contributed by atoms with van der Waals surface area (Å²) in [6, 6.07) is 24.6. The van der Waals surface area contributed by atoms with Gasteiger partial charge in [0, 0.05) is 0 Å². The number of hydrogen-bond donors (Lipinski definition) is 2. The van der Waals surface area contributed by atoms with Gasteiger partial charge in [0.2, 0.25) is 5.88 Å². The molecular formula is C21H18N2O4S. The third-order valence-corrected chi connectivity index (χ3v) is 5.56. The van der Waals surface area contributed by atoms with Crippen LogP contribution < -0.4 is 13.8 Å². The number of hydrogen-bond acceptors (Lipinski definition) is 4. The van der Waals surface area contributed by atoms with E-state index >= 15 is 0 Å². The monoisotopic (exact) mass is 394 g/mol. The van der Waals surface area contributed by atoms with Gasteiger partial charge in [-0.25, -0.2) is 9.03 Å². The van der Waals surface area contributed by atoms with Crippen LogP contribution in [-0.4, -0.2) is 13.5 Å². The summed E-state index contributed by atoms with van der Waals surface area (Å²) in [5.41, 5.74) is 3.15. The Bertz CT molecular complexity index is 1110. The Kier molecular flexibility index (Phi) is 4.67. The SMILES string of the molecule is O=S1(=O)NC(O)=CN1c1ccc(-c2ccccc2)cc1OCc1ccccc1. The second-order valence-corrected chi connectivity index (χ2v) is 7.79. The quantitative estimate of drug-likeness (QED) is 0.687. The van der Waals surface area contributed by atoms with E-state index in [-0.39, 0.29) is 6.61 Å². The fourth-order valence-corrected chi connectivity index (χ4v) is 4.01. The zero-order chi connectivity index (χ0) is 19.6. The standard InChI is InChI=1S/C21H18N2O4S/c24-21-14-23(28(25,26)22-21)19-12-11-18(17-9-5-2-6-10-17)13-20(19)27-15-16-7-3-1-4-8-16/h1-14,22,24H,15H2. The molecule has 0 amide bonds. The number of nitrogens with zero attached hydrogens (tertiary/aromatic N) is 1. The molecule has 0 fully saturated rings. The summed E-state index contributed by atoms with van der Waals surface area (Å²) in [7, 11) is -3.91. The number of rotatable bonds is 5. The number of anilines is 1. The summed E-state index contributed by atoms with van der Waals surface area (Å²) < 4.78 is 33.6. The topological polar surface area (TPSA) is 78.9 Å². The van der Waals surface area contributed by atoms with Crippen LogP contribution in [0.1, 0.15) is 5.56 Å². The first-order valence-electron chi connectivity index (χ1n) is 8.62. The third-order valence-electron chi connectivity index (χ3n) is 4.27. The number of aliphatic hydroxyl groups is 1. The minimum absolute atomic E-state index is 0.281. The van der Waals surface area contributed by atoms with Crippen molar-refractivity contribution in [3.05, 3.63) is 96.5 Å². The van der Waals surface area contributed by atoms with Crippen molar-refractivity contribution < 1.29 is 18.3 Å². The molecule has 4 rings (SSSR count). The van der Waals surface area contributed by atoms with E-state index in [0.717, 1.165) is 27.2 Å². The van der Waals surface area contributed by atoms with E-state index in [1.807, 2.05) is 71.5 Å². The van der Waals surface area contributed by atoms with Crippen molar-refractivity contribution >= 4 is 15.9 Å². The van der Waals surface area contributed by atoms with Gasteiger partial charge in [-0.3, -0.25) is 0 Å². The summed E-state index contributed by atoms with van der Waals surface area (Å²) in [6.07, 6.45) is 1.11. The molecule has 0 aliphatic carbocycles. The highest BCUT2D eigenvalue weighted by molar-refractivity contribution is 7.91. The van der Waals surface area contributed by atoms with Crippen molar-refractivity contribution in [1.82, 2.24) is 4.72 Å². The van der Waals surface area contributed by atoms with Crippen LogP contribution >= 0.6 is 0 Å². The fraction of sp³-hybridized carbons (Fsp3) is 0.0476. The number of nitrogens with one attached hydrogen (secondary N) is 1. The lowest BCUT2D eigenvalue weighted by Gasteiger charge is -2.19. The van der Waals surface area contributed by atoms with Gasteiger partial charge in [-0.1, -0.05) is 66.7 Å². The maximum atomic E-state index is 12.3. The van der Waals surface area contributed by atoms with Gasteiger partial charge in [0.1, 0.15) is 18.0 Å². The molecule has 1 aliphatic heterocycles. The van der Waals surface area contributed by atoms with Crippen molar-refractivity contribution in [3.63, 3.8) is 0 Å². The minimum Gasteiger partial charge on any atom is -0.493 e. The van der Waals surface area contributed by atoms with Gasteiger partial charge in [0.05, 0.1) is 6.20 Å². The van der Waals surface area contributed by atoms with Crippen LogP contribution in [0.25, 0.3) is 11.1 Å². The number of ether oxygens (including phenoxy) is 1. The molecule has 6 nitrogen and oxygen atoms in total. The first-order chi connectivity index (χ1) is 13.5. The van der Waals surface area contributed by atoms with Crippen LogP contribution in [0.2, 0.25) is 0 Å². The lowest BCUT2D eigenvalue weighted by molar-refractivity contribution is 0.307. The molecule has 1 aliphatic rings. The molecular weight excluding hydrogens is 376 g/mol. The molecule has 142 valence electrons. The van der Waals surface area contributed by atoms with E-state index in [4.69, 9.17) is 4.74 Å². The molecule has 0 saturated carbocycles. The molecule has 0 atom stereocenters. The highest BCUT2D eigenvalue weighted by atomic mass is 32.2. The summed E-state index contributed by atoms with van der Waals surface area (Å²) in [6.45, 7) is 0.281. The Morgan fingerprint density at radius 2 is 1.57 bits per heavy atom. The second-order valence-electron chi connectivity index (χ2n) is 6.24. The predicted octanol–water partition coefficient (Wildman–Crippen LogP) is 3.94. The van der Waals surface area contributed by atoms with Crippen molar-refractivity contribution in [2.75, 3.05) is 4.31 Å². The van der Waals surface area contributed by atoms with E-state index in [9.17, 15) is 13.5 Å². The van der Waals surface area contributed by atoms with Gasteiger partial charge < -0.3 is 9.84 Å². The Hall–Kier alpha value is -3.45. The number of aliphatic hydroxyl groups excluding tert-OH is 1. The molecule has 7 heteroatoms. The average Bonchev–Trinajstić information content (AvgIpc) is 2.99. The first kappa shape index (κ1) is 17.9. The highest BCUT2D eigenvalue weighted by Gasteiger charge is 2.31. The van der Waals surface area contributed by atoms with Crippen molar-refractivity contribution in [1.29, 1.82) is 0 Å². The number of benzene rings is 3. The molecule has 0 saturated heterocycles. The molecule has 0 unspecified atom stereocenters. The van der Waals surface area contributed by atoms with E-state index in [0.29, 0.717) is 11.4 Å². The van der Waals surface area contributed by atoms with Crippen LogP contribution in [0.5, 0.6) is 5.75 Å². The van der Waals surface area contributed by atoms with Crippen molar-refractivity contribution in [2.45, 2.75) is 6.61 Å². The van der Waals surface area contributed by atoms with Gasteiger partial charge >= 0.3 is 10.2 Å². The zero-order valence-electron chi connectivity index (χ0n) is 14.8. The van der Waals surface area contributed by atoms with Gasteiger partial charge in [-0.05, 0) is 28.8 Å². The van der Waals surface area contributed by atoms with Crippen LogP contribution in [0.3, 0.4) is 0 Å². The largest absolute Gasteiger partial charge is 0.493 e. The predicted molar refractivity (Wildman–Crippen MR) is 108 cm³/mol. The molecule has 2 N–H and O–H groups in total. The van der Waals surface area contributed by atoms with E-state index in [2.05, 4.69) is 0 Å². The van der Waals surface area contributed by atoms with Crippen LogP contribution in [0.4, 0.5) is 5.69 Å². The molecule has 3 aromatic rings. The lowest BCUT2D eigenvalue weighted by atomic mass is 10.0. The van der Waals surface area contributed by atoms with Crippen LogP contribution in [0, 0.1) is 0 Å². The average molecular weight is 394 g/mol. The fourth-order valence-electron chi connectivity index (χ4n) is 2.94. The highest BCUT2D eigenvalue weighted by Crippen LogP contribution is 2.36. The van der Waals surface area contributed by atoms with Gasteiger partial charge in [0.25, 0.3) is 0 Å². The van der Waals surface area contributed by atoms with Gasteiger partial charge in [0.15, 0.2) is 0 Å². The van der Waals surface area contributed by atoms with Crippen LogP contribution in [-0.2, 0) is 16.8 Å². The molecule has 0 bridgehead atoms. The van der Waals surface area contributed by atoms with E-state index in [1.165, 1.54) is 0 Å². The minimum atomic E-state index is -3.91. The maximum absolute atomic E-state index is 12.3. The molecule has 0 spiro atoms. The Morgan fingerprint density at radius 3 is 2.21 bits per heavy atom. The molecule has 3 aromatic carbocycles. The molecule has 28 heavy (non-hydrogen) atoms. The molecule has 1 heterocycles. The van der Waals surface area contributed by atoms with Gasteiger partial charge in [-0.15, -0.1) is 0 Å². The maximum Gasteiger partial charge on any atom is 0.330 e. The first-order valence-corrected chi connectivity index (χ1v) is 10.1. The van der Waals surface area contributed by atoms with E-state index < -0.39 is 16.1 Å². The lowest BCUT2D eigenvalue weighted by Crippen LogP contribution is -2.29. The summed E-state index contributed by atoms with van der Waals surface area (Å²) in [5.74, 6) is -0.0531.